The summed E-state index contributed by atoms with van der Waals surface area (Å²) >= 11 is 0. The molecule has 0 saturated heterocycles. The molecule has 0 spiro atoms. The number of pyridine rings is 2. The monoisotopic (exact) mass is 419 g/mol. The summed E-state index contributed by atoms with van der Waals surface area (Å²) in [6.07, 6.45) is -1.50. The van der Waals surface area contributed by atoms with Crippen molar-refractivity contribution in [2.75, 3.05) is 12.0 Å². The minimum atomic E-state index is -4.76. The molecule has 0 N–H and O–H groups in total. The average molecular weight is 419 g/mol. The van der Waals surface area contributed by atoms with Crippen molar-refractivity contribution in [3.63, 3.8) is 0 Å². The van der Waals surface area contributed by atoms with Crippen LogP contribution in [0.1, 0.15) is 12.5 Å². The van der Waals surface area contributed by atoms with Gasteiger partial charge in [0, 0.05) is 18.6 Å². The van der Waals surface area contributed by atoms with Gasteiger partial charge < -0.3 is 4.42 Å². The molecule has 0 fully saturated rings. The van der Waals surface area contributed by atoms with Crippen LogP contribution in [0.25, 0.3) is 22.8 Å². The Bertz CT molecular complexity index is 1160. The van der Waals surface area contributed by atoms with E-state index in [1.54, 1.807) is 0 Å². The molecule has 144 valence electrons. The fourth-order valence-corrected chi connectivity index (χ4v) is 3.75. The van der Waals surface area contributed by atoms with Gasteiger partial charge in [-0.1, -0.05) is 6.92 Å². The molecule has 3 heterocycles. The van der Waals surface area contributed by atoms with Crippen LogP contribution in [0.5, 0.6) is 0 Å². The van der Waals surface area contributed by atoms with E-state index in [9.17, 15) is 25.8 Å². The van der Waals surface area contributed by atoms with Gasteiger partial charge in [0.25, 0.3) is 0 Å². The van der Waals surface area contributed by atoms with E-state index in [-0.39, 0.29) is 22.8 Å². The van der Waals surface area contributed by atoms with Crippen molar-refractivity contribution in [2.24, 2.45) is 0 Å². The fourth-order valence-electron chi connectivity index (χ4n) is 2.22. The summed E-state index contributed by atoms with van der Waals surface area (Å²) in [6.45, 7) is 1.30. The van der Waals surface area contributed by atoms with Crippen molar-refractivity contribution in [3.05, 3.63) is 30.1 Å². The molecule has 0 aliphatic heterocycles. The van der Waals surface area contributed by atoms with E-state index >= 15 is 0 Å². The zero-order chi connectivity index (χ0) is 20.0. The molecule has 1 atom stereocenters. The Morgan fingerprint density at radius 3 is 2.48 bits per heavy atom. The van der Waals surface area contributed by atoms with E-state index in [1.165, 1.54) is 25.4 Å². The molecule has 7 nitrogen and oxygen atoms in total. The van der Waals surface area contributed by atoms with Crippen LogP contribution < -0.4 is 0 Å². The molecule has 0 radical (unpaired) electrons. The Morgan fingerprint density at radius 1 is 1.19 bits per heavy atom. The van der Waals surface area contributed by atoms with Crippen molar-refractivity contribution in [3.8, 4) is 11.6 Å². The molecule has 0 aromatic carbocycles. The molecule has 3 aromatic heterocycles. The third kappa shape index (κ3) is 3.72. The molecule has 1 unspecified atom stereocenters. The quantitative estimate of drug-likeness (QED) is 0.641. The molecule has 27 heavy (non-hydrogen) atoms. The molecular weight excluding hydrogens is 407 g/mol. The molecule has 3 rings (SSSR count). The van der Waals surface area contributed by atoms with Gasteiger partial charge in [-0.2, -0.15) is 13.2 Å². The van der Waals surface area contributed by atoms with Crippen LogP contribution in [0.3, 0.4) is 0 Å². The van der Waals surface area contributed by atoms with Crippen molar-refractivity contribution in [1.29, 1.82) is 0 Å². The van der Waals surface area contributed by atoms with E-state index in [2.05, 4.69) is 15.0 Å². The SMILES string of the molecule is CCS(=O)(=O)c1cc(C(F)(F)F)cnc1-c1nc2cc(S(C)=O)cnc2o1. The maximum atomic E-state index is 13.0. The highest BCUT2D eigenvalue weighted by Crippen LogP contribution is 2.34. The van der Waals surface area contributed by atoms with Gasteiger partial charge in [0.2, 0.25) is 11.6 Å². The lowest BCUT2D eigenvalue weighted by atomic mass is 10.2. The molecule has 0 bridgehead atoms. The Kier molecular flexibility index (Phi) is 4.80. The Labute approximate surface area is 154 Å². The number of halogens is 3. The Morgan fingerprint density at radius 2 is 1.89 bits per heavy atom. The van der Waals surface area contributed by atoms with Crippen LogP contribution in [-0.2, 0) is 26.8 Å². The van der Waals surface area contributed by atoms with Crippen LogP contribution in [0.4, 0.5) is 13.2 Å². The van der Waals surface area contributed by atoms with Gasteiger partial charge in [-0.15, -0.1) is 0 Å². The number of sulfone groups is 1. The highest BCUT2D eigenvalue weighted by molar-refractivity contribution is 7.91. The van der Waals surface area contributed by atoms with Gasteiger partial charge >= 0.3 is 6.18 Å². The number of hydrogen-bond donors (Lipinski definition) is 0. The van der Waals surface area contributed by atoms with Crippen LogP contribution in [0, 0.1) is 0 Å². The molecule has 0 amide bonds. The van der Waals surface area contributed by atoms with Crippen LogP contribution in [0.15, 0.2) is 38.7 Å². The van der Waals surface area contributed by atoms with Gasteiger partial charge in [-0.3, -0.25) is 4.21 Å². The van der Waals surface area contributed by atoms with Crippen molar-refractivity contribution in [2.45, 2.75) is 22.9 Å². The Balaban J connectivity index is 2.24. The summed E-state index contributed by atoms with van der Waals surface area (Å²) in [6, 6.07) is 1.94. The summed E-state index contributed by atoms with van der Waals surface area (Å²) in [5.41, 5.74) is -1.35. The second-order valence-corrected chi connectivity index (χ2v) is 9.07. The number of rotatable bonds is 4. The van der Waals surface area contributed by atoms with Gasteiger partial charge in [0.1, 0.15) is 11.2 Å². The molecule has 3 aromatic rings. The van der Waals surface area contributed by atoms with Crippen molar-refractivity contribution in [1.82, 2.24) is 15.0 Å². The van der Waals surface area contributed by atoms with Gasteiger partial charge in [0.15, 0.2) is 9.84 Å². The fraction of sp³-hybridized carbons (Fsp3) is 0.267. The summed E-state index contributed by atoms with van der Waals surface area (Å²) in [4.78, 5) is 11.4. The predicted molar refractivity (Wildman–Crippen MR) is 90.1 cm³/mol. The second-order valence-electron chi connectivity index (χ2n) is 5.44. The third-order valence-corrected chi connectivity index (χ3v) is 6.28. The number of alkyl halides is 3. The van der Waals surface area contributed by atoms with Crippen LogP contribution in [-0.4, -0.2) is 39.6 Å². The first-order valence-corrected chi connectivity index (χ1v) is 10.6. The van der Waals surface area contributed by atoms with Gasteiger partial charge in [-0.05, 0) is 12.1 Å². The summed E-state index contributed by atoms with van der Waals surface area (Å²) < 4.78 is 80.4. The van der Waals surface area contributed by atoms with E-state index in [4.69, 9.17) is 4.42 Å². The zero-order valence-corrected chi connectivity index (χ0v) is 15.6. The van der Waals surface area contributed by atoms with E-state index in [0.29, 0.717) is 17.2 Å². The molecule has 0 aliphatic carbocycles. The molecule has 0 aliphatic rings. The second kappa shape index (κ2) is 6.68. The smallest absolute Gasteiger partial charge is 0.416 e. The maximum Gasteiger partial charge on any atom is 0.417 e. The van der Waals surface area contributed by atoms with Gasteiger partial charge in [-0.25, -0.2) is 23.4 Å². The normalized spacial score (nSPS) is 13.8. The number of oxazole rings is 1. The number of hydrogen-bond acceptors (Lipinski definition) is 7. The molecule has 12 heteroatoms. The molecular formula is C15H12F3N3O4S2. The first-order chi connectivity index (χ1) is 12.5. The lowest BCUT2D eigenvalue weighted by molar-refractivity contribution is -0.138. The van der Waals surface area contributed by atoms with E-state index in [0.717, 1.165) is 0 Å². The van der Waals surface area contributed by atoms with Crippen LogP contribution in [0.2, 0.25) is 0 Å². The summed E-state index contributed by atoms with van der Waals surface area (Å²) in [5, 5.41) is 0. The largest absolute Gasteiger partial charge is 0.417 e. The maximum absolute atomic E-state index is 13.0. The third-order valence-electron chi connectivity index (χ3n) is 3.65. The van der Waals surface area contributed by atoms with Crippen LogP contribution >= 0.6 is 0 Å². The predicted octanol–water partition coefficient (Wildman–Crippen LogP) is 2.83. The van der Waals surface area contributed by atoms with E-state index in [1.807, 2.05) is 0 Å². The highest BCUT2D eigenvalue weighted by Gasteiger charge is 2.34. The first kappa shape index (κ1) is 19.4. The Hall–Kier alpha value is -2.34. The topological polar surface area (TPSA) is 103 Å². The zero-order valence-electron chi connectivity index (χ0n) is 13.9. The lowest BCUT2D eigenvalue weighted by Gasteiger charge is -2.10. The van der Waals surface area contributed by atoms with Gasteiger partial charge in [0.05, 0.1) is 31.9 Å². The minimum Gasteiger partial charge on any atom is -0.416 e. The van der Waals surface area contributed by atoms with E-state index < -0.39 is 43.0 Å². The number of nitrogens with zero attached hydrogens (tertiary/aromatic N) is 3. The highest BCUT2D eigenvalue weighted by atomic mass is 32.2. The van der Waals surface area contributed by atoms with Crippen molar-refractivity contribution < 1.29 is 30.2 Å². The van der Waals surface area contributed by atoms with Crippen molar-refractivity contribution >= 4 is 31.9 Å². The summed E-state index contributed by atoms with van der Waals surface area (Å²) in [7, 11) is -5.38. The summed E-state index contributed by atoms with van der Waals surface area (Å²) in [5.74, 6) is -0.724. The minimum absolute atomic E-state index is 0.0146. The molecule has 0 saturated carbocycles. The standard InChI is InChI=1S/C15H12F3N3O4S2/c1-3-27(23,24)11-4-8(15(16,17)18)6-19-12(11)14-21-10-5-9(26(2)22)7-20-13(10)25-14/h4-7H,3H2,1-2H3. The first-order valence-electron chi connectivity index (χ1n) is 7.43. The lowest BCUT2D eigenvalue weighted by Crippen LogP contribution is -2.12. The number of aromatic nitrogens is 3. The average Bonchev–Trinajstić information content (AvgIpc) is 3.03. The number of fused-ring (bicyclic) bond motifs is 1.